The lowest BCUT2D eigenvalue weighted by molar-refractivity contribution is -0.898. The van der Waals surface area contributed by atoms with E-state index in [0.717, 1.165) is 11.3 Å². The van der Waals surface area contributed by atoms with Crippen LogP contribution in [0.5, 0.6) is 0 Å². The highest BCUT2D eigenvalue weighted by Crippen LogP contribution is 2.25. The first kappa shape index (κ1) is 26.9. The normalized spacial score (nSPS) is 11.5. The van der Waals surface area contributed by atoms with Crippen LogP contribution in [0.1, 0.15) is 17.1 Å². The van der Waals surface area contributed by atoms with Crippen LogP contribution >= 0.6 is 0 Å². The molecule has 0 saturated carbocycles. The van der Waals surface area contributed by atoms with Crippen molar-refractivity contribution >= 4 is 40.0 Å². The Bertz CT molecular complexity index is 1630. The highest BCUT2D eigenvalue weighted by Gasteiger charge is 2.29. The van der Waals surface area contributed by atoms with Gasteiger partial charge in [0.2, 0.25) is 11.7 Å². The zero-order valence-corrected chi connectivity index (χ0v) is 22.0. The number of aromatic nitrogens is 5. The number of nitrogens with zero attached hydrogens (tertiary/aromatic N) is 7. The molecule has 0 fully saturated rings. The van der Waals surface area contributed by atoms with E-state index in [9.17, 15) is 14.9 Å². The van der Waals surface area contributed by atoms with Gasteiger partial charge in [0.1, 0.15) is 24.5 Å². The van der Waals surface area contributed by atoms with E-state index in [2.05, 4.69) is 36.5 Å². The summed E-state index contributed by atoms with van der Waals surface area (Å²) >= 11 is 0. The molecule has 0 saturated heterocycles. The van der Waals surface area contributed by atoms with Crippen molar-refractivity contribution in [3.8, 4) is 12.3 Å². The van der Waals surface area contributed by atoms with E-state index >= 15 is 0 Å². The first-order valence-electron chi connectivity index (χ1n) is 12.0. The summed E-state index contributed by atoms with van der Waals surface area (Å²) < 4.78 is 2.10. The van der Waals surface area contributed by atoms with Crippen molar-refractivity contribution in [1.82, 2.24) is 24.5 Å². The lowest BCUT2D eigenvalue weighted by Crippen LogP contribution is -2.39. The van der Waals surface area contributed by atoms with Gasteiger partial charge in [0.15, 0.2) is 5.69 Å². The van der Waals surface area contributed by atoms with E-state index in [4.69, 9.17) is 6.42 Å². The first-order valence-corrected chi connectivity index (χ1v) is 12.0. The summed E-state index contributed by atoms with van der Waals surface area (Å²) in [4.78, 5) is 40.5. The zero-order chi connectivity index (χ0) is 28.2. The van der Waals surface area contributed by atoms with Gasteiger partial charge in [-0.1, -0.05) is 12.0 Å². The van der Waals surface area contributed by atoms with Crippen molar-refractivity contribution in [2.45, 2.75) is 13.5 Å². The fourth-order valence-corrected chi connectivity index (χ4v) is 3.99. The van der Waals surface area contributed by atoms with Gasteiger partial charge in [-0.2, -0.15) is 0 Å². The summed E-state index contributed by atoms with van der Waals surface area (Å²) in [6.45, 7) is 2.55. The summed E-state index contributed by atoms with van der Waals surface area (Å²) in [6.07, 6.45) is 11.6. The zero-order valence-electron chi connectivity index (χ0n) is 22.0. The molecule has 0 bridgehead atoms. The number of terminal acetylenes is 1. The highest BCUT2D eigenvalue weighted by atomic mass is 16.6. The Labute approximate surface area is 225 Å². The van der Waals surface area contributed by atoms with Crippen molar-refractivity contribution in [1.29, 1.82) is 0 Å². The van der Waals surface area contributed by atoms with Crippen molar-refractivity contribution < 1.29 is 14.2 Å². The molecule has 0 radical (unpaired) electrons. The van der Waals surface area contributed by atoms with Crippen LogP contribution in [0.2, 0.25) is 0 Å². The van der Waals surface area contributed by atoms with Crippen LogP contribution in [0.25, 0.3) is 10.9 Å². The Morgan fingerprint density at radius 1 is 1.26 bits per heavy atom. The van der Waals surface area contributed by atoms with Crippen LogP contribution in [0.15, 0.2) is 55.0 Å². The van der Waals surface area contributed by atoms with E-state index in [1.807, 2.05) is 38.4 Å². The predicted octanol–water partition coefficient (Wildman–Crippen LogP) is 3.47. The molecule has 198 valence electrons. The summed E-state index contributed by atoms with van der Waals surface area (Å²) in [5.41, 5.74) is 2.63. The Balaban J connectivity index is 1.44. The standard InChI is InChI=1S/C27H27N9O3/c1-6-19-9-7-10-20(13-19)32-26-21-14-24(28-15-22(21)29-17-30-26)33-25(37)11-8-12-36(4,5)16-23-27(35(38)39)31-18(2)34(23)3/h1,7-11,13-15,17H,12,16H2,2-5H3,(H-,28,29,30,32,33,37)/p+1/b11-8+. The summed E-state index contributed by atoms with van der Waals surface area (Å²) in [5.74, 6) is 3.54. The molecule has 3 heterocycles. The Kier molecular flexibility index (Phi) is 7.64. The molecule has 4 rings (SSSR count). The SMILES string of the molecule is C#Cc1cccc(Nc2ncnc3cnc(NC(=O)/C=C/C[N+](C)(C)Cc4c([N+](=O)[O-])nc(C)n4C)cc23)c1. The number of nitrogens with one attached hydrogen (secondary N) is 2. The fraction of sp³-hybridized carbons (Fsp3) is 0.222. The van der Waals surface area contributed by atoms with E-state index in [0.29, 0.717) is 51.6 Å². The lowest BCUT2D eigenvalue weighted by atomic mass is 10.2. The topological polar surface area (TPSA) is 141 Å². The number of imidazole rings is 1. The summed E-state index contributed by atoms with van der Waals surface area (Å²) in [5, 5.41) is 18.1. The summed E-state index contributed by atoms with van der Waals surface area (Å²) in [6, 6.07) is 9.07. The number of fused-ring (bicyclic) bond motifs is 1. The molecule has 12 heteroatoms. The predicted molar refractivity (Wildman–Crippen MR) is 148 cm³/mol. The van der Waals surface area contributed by atoms with Crippen LogP contribution < -0.4 is 10.6 Å². The molecular formula is C27H28N9O3+. The van der Waals surface area contributed by atoms with Gasteiger partial charge in [0.05, 0.1) is 32.4 Å². The van der Waals surface area contributed by atoms with Crippen LogP contribution in [-0.4, -0.2) is 60.5 Å². The van der Waals surface area contributed by atoms with Crippen molar-refractivity contribution in [2.24, 2.45) is 7.05 Å². The first-order chi connectivity index (χ1) is 18.6. The van der Waals surface area contributed by atoms with Gasteiger partial charge in [-0.25, -0.2) is 15.0 Å². The molecule has 0 unspecified atom stereocenters. The second kappa shape index (κ2) is 11.1. The number of carbonyl (C=O) groups excluding carboxylic acids is 1. The molecule has 39 heavy (non-hydrogen) atoms. The Hall–Kier alpha value is -5.15. The minimum absolute atomic E-state index is 0.146. The average molecular weight is 527 g/mol. The number of likely N-dealkylation sites (N-methyl/N-ethyl adjacent to an activating group) is 1. The van der Waals surface area contributed by atoms with Crippen molar-refractivity contribution in [3.05, 3.63) is 82.2 Å². The number of quaternary nitrogens is 1. The van der Waals surface area contributed by atoms with Gasteiger partial charge >= 0.3 is 5.82 Å². The van der Waals surface area contributed by atoms with E-state index in [1.165, 1.54) is 12.4 Å². The van der Waals surface area contributed by atoms with E-state index in [-0.39, 0.29) is 11.7 Å². The summed E-state index contributed by atoms with van der Waals surface area (Å²) in [7, 11) is 5.60. The molecule has 0 aliphatic carbocycles. The second-order valence-corrected chi connectivity index (χ2v) is 9.57. The van der Waals surface area contributed by atoms with Crippen molar-refractivity contribution in [2.75, 3.05) is 31.3 Å². The molecule has 2 N–H and O–H groups in total. The van der Waals surface area contributed by atoms with Crippen LogP contribution in [0.4, 0.5) is 23.1 Å². The molecule has 0 aliphatic heterocycles. The van der Waals surface area contributed by atoms with E-state index in [1.54, 1.807) is 36.9 Å². The Morgan fingerprint density at radius 3 is 2.79 bits per heavy atom. The number of hydrogen-bond acceptors (Lipinski definition) is 8. The highest BCUT2D eigenvalue weighted by molar-refractivity contribution is 6.00. The molecule has 1 aromatic carbocycles. The third-order valence-electron chi connectivity index (χ3n) is 6.10. The van der Waals surface area contributed by atoms with Crippen LogP contribution in [0.3, 0.4) is 0 Å². The van der Waals surface area contributed by atoms with E-state index < -0.39 is 4.92 Å². The molecule has 1 amide bonds. The number of benzene rings is 1. The number of carbonyl (C=O) groups is 1. The average Bonchev–Trinajstić information content (AvgIpc) is 3.17. The number of amides is 1. The number of aryl methyl sites for hydroxylation is 1. The number of nitro groups is 1. The van der Waals surface area contributed by atoms with Gasteiger partial charge < -0.3 is 29.8 Å². The minimum atomic E-state index is -0.470. The van der Waals surface area contributed by atoms with Crippen LogP contribution in [-0.2, 0) is 18.4 Å². The molecule has 0 spiro atoms. The Morgan fingerprint density at radius 2 is 2.05 bits per heavy atom. The molecule has 12 nitrogen and oxygen atoms in total. The number of pyridine rings is 1. The third-order valence-corrected chi connectivity index (χ3v) is 6.10. The quantitative estimate of drug-likeness (QED) is 0.111. The molecule has 3 aromatic heterocycles. The smallest absolute Gasteiger partial charge is 0.358 e. The maximum atomic E-state index is 12.6. The molecular weight excluding hydrogens is 498 g/mol. The molecule has 0 aliphatic rings. The molecule has 0 atom stereocenters. The largest absolute Gasteiger partial charge is 0.391 e. The van der Waals surface area contributed by atoms with Gasteiger partial charge in [-0.05, 0) is 40.2 Å². The number of hydrogen-bond donors (Lipinski definition) is 2. The van der Waals surface area contributed by atoms with Gasteiger partial charge in [-0.3, -0.25) is 4.79 Å². The second-order valence-electron chi connectivity index (χ2n) is 9.57. The van der Waals surface area contributed by atoms with Gasteiger partial charge in [0, 0.05) is 36.7 Å². The van der Waals surface area contributed by atoms with Crippen LogP contribution in [0, 0.1) is 29.4 Å². The maximum Gasteiger partial charge on any atom is 0.391 e. The number of rotatable bonds is 9. The fourth-order valence-electron chi connectivity index (χ4n) is 3.99. The van der Waals surface area contributed by atoms with Gasteiger partial charge in [0.25, 0.3) is 0 Å². The lowest BCUT2D eigenvalue weighted by Gasteiger charge is -2.28. The molecule has 4 aromatic rings. The maximum absolute atomic E-state index is 12.6. The minimum Gasteiger partial charge on any atom is -0.358 e. The monoisotopic (exact) mass is 526 g/mol. The third kappa shape index (κ3) is 6.41. The number of anilines is 3. The van der Waals surface area contributed by atoms with Crippen molar-refractivity contribution in [3.63, 3.8) is 0 Å². The van der Waals surface area contributed by atoms with Gasteiger partial charge in [-0.15, -0.1) is 6.42 Å².